The molecular formula is C17H27N5O5S. The molecule has 1 saturated heterocycles. The van der Waals surface area contributed by atoms with Crippen molar-refractivity contribution in [3.8, 4) is 0 Å². The zero-order valence-corrected chi connectivity index (χ0v) is 16.8. The van der Waals surface area contributed by atoms with Gasteiger partial charge in [0.1, 0.15) is 18.7 Å². The van der Waals surface area contributed by atoms with Crippen molar-refractivity contribution in [2.24, 2.45) is 0 Å². The van der Waals surface area contributed by atoms with Crippen molar-refractivity contribution in [3.63, 3.8) is 0 Å². The normalized spacial score (nSPS) is 23.5. The summed E-state index contributed by atoms with van der Waals surface area (Å²) >= 11 is 1.53. The van der Waals surface area contributed by atoms with Gasteiger partial charge in [-0.25, -0.2) is 15.0 Å². The second kappa shape index (κ2) is 9.81. The number of rotatable bonds is 10. The molecule has 1 fully saturated rings. The van der Waals surface area contributed by atoms with Crippen LogP contribution in [0.25, 0.3) is 11.2 Å². The largest absolute Gasteiger partial charge is 0.394 e. The van der Waals surface area contributed by atoms with Crippen molar-refractivity contribution in [1.82, 2.24) is 19.5 Å². The van der Waals surface area contributed by atoms with Crippen LogP contribution >= 0.6 is 11.8 Å². The summed E-state index contributed by atoms with van der Waals surface area (Å²) < 4.78 is 18.9. The summed E-state index contributed by atoms with van der Waals surface area (Å²) in [5.41, 5.74) is 7.15. The zero-order valence-electron chi connectivity index (χ0n) is 16.0. The van der Waals surface area contributed by atoms with E-state index in [0.717, 1.165) is 17.3 Å². The molecule has 0 aromatic carbocycles. The van der Waals surface area contributed by atoms with E-state index in [1.807, 2.05) is 4.57 Å². The Balaban J connectivity index is 1.84. The minimum atomic E-state index is -0.698. The van der Waals surface area contributed by atoms with Crippen LogP contribution in [0.5, 0.6) is 0 Å². The number of aliphatic hydroxyl groups is 2. The molecule has 156 valence electrons. The summed E-state index contributed by atoms with van der Waals surface area (Å²) in [7, 11) is 3.29. The van der Waals surface area contributed by atoms with Gasteiger partial charge in [-0.1, -0.05) is 11.8 Å². The number of nitrogens with zero attached hydrogens (tertiary/aromatic N) is 4. The summed E-state index contributed by atoms with van der Waals surface area (Å²) in [5.74, 6) is 1.03. The number of fused-ring (bicyclic) bond motifs is 1. The first-order valence-corrected chi connectivity index (χ1v) is 10.1. The number of anilines is 1. The third kappa shape index (κ3) is 4.56. The molecule has 2 aromatic rings. The van der Waals surface area contributed by atoms with Crippen molar-refractivity contribution >= 4 is 28.7 Å². The van der Waals surface area contributed by atoms with E-state index in [-0.39, 0.29) is 25.0 Å². The molecule has 3 heterocycles. The van der Waals surface area contributed by atoms with E-state index in [2.05, 4.69) is 15.0 Å². The van der Waals surface area contributed by atoms with Crippen LogP contribution in [0, 0.1) is 0 Å². The number of nitrogen functional groups attached to an aromatic ring is 1. The Morgan fingerprint density at radius 3 is 2.96 bits per heavy atom. The Kier molecular flexibility index (Phi) is 7.43. The quantitative estimate of drug-likeness (QED) is 0.374. The molecule has 3 rings (SSSR count). The molecule has 10 nitrogen and oxygen atoms in total. The Morgan fingerprint density at radius 2 is 2.25 bits per heavy atom. The van der Waals surface area contributed by atoms with Crippen molar-refractivity contribution in [3.05, 3.63) is 6.33 Å². The van der Waals surface area contributed by atoms with Crippen molar-refractivity contribution in [2.75, 3.05) is 38.9 Å². The first-order chi connectivity index (χ1) is 13.6. The second-order valence-corrected chi connectivity index (χ2v) is 7.68. The second-order valence-electron chi connectivity index (χ2n) is 6.62. The first-order valence-electron chi connectivity index (χ1n) is 9.16. The molecule has 0 saturated carbocycles. The number of nitrogens with two attached hydrogens (primary N) is 1. The maximum atomic E-state index is 9.51. The number of methoxy groups -OCH3 is 2. The van der Waals surface area contributed by atoms with Gasteiger partial charge in [-0.15, -0.1) is 0 Å². The van der Waals surface area contributed by atoms with Crippen LogP contribution in [0.2, 0.25) is 0 Å². The molecule has 2 aromatic heterocycles. The molecule has 1 aliphatic heterocycles. The SMILES string of the molecule is COCC1OC(n2c(SCCCC(O)CO)nc3c(N)ncnc32)CC1OC. The molecule has 1 aliphatic rings. The number of hydrogen-bond acceptors (Lipinski definition) is 10. The average Bonchev–Trinajstić information content (AvgIpc) is 3.26. The molecule has 0 amide bonds. The van der Waals surface area contributed by atoms with Crippen LogP contribution in [0.3, 0.4) is 0 Å². The maximum absolute atomic E-state index is 9.51. The van der Waals surface area contributed by atoms with E-state index in [9.17, 15) is 5.11 Å². The van der Waals surface area contributed by atoms with Gasteiger partial charge >= 0.3 is 0 Å². The van der Waals surface area contributed by atoms with Crippen molar-refractivity contribution < 1.29 is 24.4 Å². The van der Waals surface area contributed by atoms with Gasteiger partial charge in [-0.3, -0.25) is 4.57 Å². The third-order valence-corrected chi connectivity index (χ3v) is 5.74. The minimum absolute atomic E-state index is 0.0980. The summed E-state index contributed by atoms with van der Waals surface area (Å²) in [4.78, 5) is 13.0. The number of thioether (sulfide) groups is 1. The van der Waals surface area contributed by atoms with Gasteiger partial charge in [0.15, 0.2) is 22.1 Å². The van der Waals surface area contributed by atoms with Gasteiger partial charge in [0.05, 0.1) is 25.4 Å². The fourth-order valence-electron chi connectivity index (χ4n) is 3.26. The molecule has 0 radical (unpaired) electrons. The van der Waals surface area contributed by atoms with E-state index < -0.39 is 6.10 Å². The summed E-state index contributed by atoms with van der Waals surface area (Å²) in [6.45, 7) is 0.199. The van der Waals surface area contributed by atoms with Crippen LogP contribution in [0.15, 0.2) is 11.5 Å². The lowest BCUT2D eigenvalue weighted by Gasteiger charge is -2.17. The lowest BCUT2D eigenvalue weighted by molar-refractivity contribution is -0.0617. The smallest absolute Gasteiger partial charge is 0.172 e. The lowest BCUT2D eigenvalue weighted by Crippen LogP contribution is -2.27. The molecule has 11 heteroatoms. The summed E-state index contributed by atoms with van der Waals surface area (Å²) in [5, 5.41) is 19.2. The van der Waals surface area contributed by atoms with Crippen LogP contribution in [-0.4, -0.2) is 81.2 Å². The van der Waals surface area contributed by atoms with E-state index in [4.69, 9.17) is 25.1 Å². The highest BCUT2D eigenvalue weighted by atomic mass is 32.2. The van der Waals surface area contributed by atoms with Crippen molar-refractivity contribution in [2.45, 2.75) is 49.0 Å². The predicted molar refractivity (Wildman–Crippen MR) is 104 cm³/mol. The molecule has 4 atom stereocenters. The van der Waals surface area contributed by atoms with E-state index in [1.54, 1.807) is 14.2 Å². The van der Waals surface area contributed by atoms with Gasteiger partial charge in [0, 0.05) is 26.4 Å². The highest BCUT2D eigenvalue weighted by Gasteiger charge is 2.38. The van der Waals surface area contributed by atoms with Gasteiger partial charge in [0.25, 0.3) is 0 Å². The highest BCUT2D eigenvalue weighted by Crippen LogP contribution is 2.37. The van der Waals surface area contributed by atoms with Crippen LogP contribution < -0.4 is 5.73 Å². The molecule has 0 spiro atoms. The molecule has 28 heavy (non-hydrogen) atoms. The third-order valence-electron chi connectivity index (χ3n) is 4.70. The maximum Gasteiger partial charge on any atom is 0.172 e. The molecule has 0 bridgehead atoms. The fraction of sp³-hybridized carbons (Fsp3) is 0.706. The summed E-state index contributed by atoms with van der Waals surface area (Å²) in [6.07, 6.45) is 2.01. The Morgan fingerprint density at radius 1 is 1.43 bits per heavy atom. The van der Waals surface area contributed by atoms with E-state index in [1.165, 1.54) is 18.1 Å². The first kappa shape index (κ1) is 21.2. The van der Waals surface area contributed by atoms with Crippen molar-refractivity contribution in [1.29, 1.82) is 0 Å². The monoisotopic (exact) mass is 413 g/mol. The average molecular weight is 414 g/mol. The standard InChI is InChI=1S/C17H27N5O5S/c1-25-8-12-11(26-2)6-13(27-12)22-16-14(15(18)19-9-20-16)21-17(22)28-5-3-4-10(24)7-23/h9-13,23-24H,3-8H2,1-2H3,(H2,18,19,20). The van der Waals surface area contributed by atoms with Gasteiger partial charge in [-0.05, 0) is 12.8 Å². The molecule has 4 unspecified atom stereocenters. The Hall–Kier alpha value is -1.50. The Labute approximate surface area is 167 Å². The number of hydrogen-bond donors (Lipinski definition) is 3. The molecule has 4 N–H and O–H groups in total. The number of aliphatic hydroxyl groups excluding tert-OH is 2. The number of imidazole rings is 1. The van der Waals surface area contributed by atoms with Gasteiger partial charge in [0.2, 0.25) is 0 Å². The van der Waals surface area contributed by atoms with Crippen LogP contribution in [0.1, 0.15) is 25.5 Å². The van der Waals surface area contributed by atoms with E-state index >= 15 is 0 Å². The van der Waals surface area contributed by atoms with E-state index in [0.29, 0.717) is 36.4 Å². The predicted octanol–water partition coefficient (Wildman–Crippen LogP) is 0.583. The van der Waals surface area contributed by atoms with Crippen LogP contribution in [-0.2, 0) is 14.2 Å². The minimum Gasteiger partial charge on any atom is -0.394 e. The lowest BCUT2D eigenvalue weighted by atomic mass is 10.2. The fourth-order valence-corrected chi connectivity index (χ4v) is 4.25. The van der Waals surface area contributed by atoms with Gasteiger partial charge in [-0.2, -0.15) is 0 Å². The summed E-state index contributed by atoms with van der Waals surface area (Å²) in [6, 6.07) is 0. The van der Waals surface area contributed by atoms with Crippen LogP contribution in [0.4, 0.5) is 5.82 Å². The number of aromatic nitrogens is 4. The molecular weight excluding hydrogens is 386 g/mol. The zero-order chi connectivity index (χ0) is 20.1. The Bertz CT molecular complexity index is 776. The van der Waals surface area contributed by atoms with Gasteiger partial charge < -0.3 is 30.2 Å². The molecule has 0 aliphatic carbocycles. The highest BCUT2D eigenvalue weighted by molar-refractivity contribution is 7.99. The topological polar surface area (TPSA) is 138 Å². The number of ether oxygens (including phenoxy) is 3.